The van der Waals surface area contributed by atoms with E-state index in [1.165, 1.54) is 28.5 Å². The number of primary amides is 2. The maximum absolute atomic E-state index is 15.1. The van der Waals surface area contributed by atoms with E-state index in [1.807, 2.05) is 0 Å². The molecular weight excluding hydrogens is 1790 g/mol. The zero-order valence-electron chi connectivity index (χ0n) is 78.9. The number of carbonyl (C=O) groups is 21. The standard InChI is InChI=1S/C83H143N29O24/c1-39(2)34-52(105-65(121)43(8)97-70(126)49(19-13-29-94-82(89)90)103-73(129)53(35-40(3)4)108-75(131)54(36-41(5)6)107-71(127)50(25-27-60(86)115)102-68(124)47(84)24-26-59(85)114)74(130)104-51(20-14-30-95-83(91)92)78(134)111-32-16-22-57(111)80(136)112-33-17-23-58(112)79(135)110-31-15-21-56(110)76(132)99-45(10)67(123)109-63(46(11)113)77(133)100-44(9)66(122)106-55(37-61(116)117)72(128)98-42(7)64(120)101-48(18-12-28-93-81(87)88)69(125)96-38-62(118)119/h39-58,63,113H,12-38,84H2,1-11H3,(H2,85,114)(H2,86,115)(H,96,125)(H,97,126)(H,98,128)(H,99,132)(H,100,133)(H,101,120)(H,102,124)(H,103,129)(H,104,130)(H,105,121)(H,106,122)(H,107,127)(H,108,131)(H,109,123)(H,116,117)(H,118,119)(H4,87,88,93)(H4,89,90,94)(H4,91,92,95)/t42-,43-,44-,45-,46+,47-,48-,49-,50-,51-,52-,53-,54-,55-,56-,57-,58-,63-/m0/s1. The number of carbonyl (C=O) groups excluding carboxylic acids is 19. The Balaban J connectivity index is 1.81. The van der Waals surface area contributed by atoms with E-state index in [1.54, 1.807) is 41.5 Å². The zero-order valence-corrected chi connectivity index (χ0v) is 78.9. The first-order valence-electron chi connectivity index (χ1n) is 45.5. The molecule has 0 aromatic rings. The van der Waals surface area contributed by atoms with Crippen molar-refractivity contribution in [3.8, 4) is 0 Å². The van der Waals surface area contributed by atoms with Gasteiger partial charge in [-0.1, -0.05) is 41.5 Å². The molecule has 18 atom stereocenters. The number of amides is 19. The number of aliphatic hydroxyl groups excluding tert-OH is 1. The second-order valence-electron chi connectivity index (χ2n) is 35.4. The van der Waals surface area contributed by atoms with Crippen LogP contribution >= 0.6 is 0 Å². The molecule has 3 fully saturated rings. The number of nitrogens with one attached hydrogen (secondary N) is 20. The monoisotopic (exact) mass is 1930 g/mol. The van der Waals surface area contributed by atoms with E-state index in [4.69, 9.17) is 55.7 Å². The molecule has 3 aliphatic rings. The van der Waals surface area contributed by atoms with E-state index in [0.29, 0.717) is 19.3 Å². The van der Waals surface area contributed by atoms with Crippen LogP contribution in [0.1, 0.15) is 205 Å². The van der Waals surface area contributed by atoms with Gasteiger partial charge in [-0.2, -0.15) is 0 Å². The highest BCUT2D eigenvalue weighted by atomic mass is 16.4. The van der Waals surface area contributed by atoms with Crippen LogP contribution in [0.25, 0.3) is 0 Å². The molecule has 35 N–H and O–H groups in total. The minimum Gasteiger partial charge on any atom is -0.481 e. The highest BCUT2D eigenvalue weighted by Crippen LogP contribution is 2.30. The third kappa shape index (κ3) is 41.2. The predicted octanol–water partition coefficient (Wildman–Crippen LogP) is -9.82. The lowest BCUT2D eigenvalue weighted by atomic mass is 9.99. The smallest absolute Gasteiger partial charge is 0.322 e. The van der Waals surface area contributed by atoms with Crippen LogP contribution in [0.15, 0.2) is 0 Å². The summed E-state index contributed by atoms with van der Waals surface area (Å²) in [5, 5.41) is 94.3. The summed E-state index contributed by atoms with van der Waals surface area (Å²) >= 11 is 0. The molecule has 3 saturated heterocycles. The molecule has 53 heteroatoms. The molecule has 0 aliphatic carbocycles. The van der Waals surface area contributed by atoms with Crippen molar-refractivity contribution in [3.63, 3.8) is 0 Å². The molecule has 3 heterocycles. The highest BCUT2D eigenvalue weighted by molar-refractivity contribution is 6.02. The third-order valence-electron chi connectivity index (χ3n) is 22.2. The fourth-order valence-electron chi connectivity index (χ4n) is 15.1. The van der Waals surface area contributed by atoms with Gasteiger partial charge in [-0.05, 0) is 162 Å². The summed E-state index contributed by atoms with van der Waals surface area (Å²) in [5.41, 5.74) is 32.9. The van der Waals surface area contributed by atoms with E-state index in [9.17, 15) is 101 Å². The van der Waals surface area contributed by atoms with Crippen molar-refractivity contribution in [2.45, 2.75) is 313 Å². The average molecular weight is 1930 g/mol. The molecule has 0 radical (unpaired) electrons. The van der Waals surface area contributed by atoms with Gasteiger partial charge in [-0.15, -0.1) is 0 Å². The molecule has 0 aromatic carbocycles. The maximum atomic E-state index is 15.1. The summed E-state index contributed by atoms with van der Waals surface area (Å²) < 4.78 is 0. The first-order valence-corrected chi connectivity index (χ1v) is 45.5. The van der Waals surface area contributed by atoms with E-state index >= 15 is 9.59 Å². The second kappa shape index (κ2) is 58.0. The maximum Gasteiger partial charge on any atom is 0.322 e. The Kier molecular flexibility index (Phi) is 49.8. The van der Waals surface area contributed by atoms with Crippen LogP contribution in [-0.4, -0.2) is 327 Å². The Bertz CT molecular complexity index is 4250. The SMILES string of the molecule is CC(C)C[C@H](NC(=O)[C@H](C)NC(=O)[C@H](CCCNC(=N)N)NC(=O)[C@H](CC(C)C)NC(=O)[C@H](CC(C)C)NC(=O)[C@H](CCC(N)=O)NC(=O)[C@@H](N)CCC(N)=O)C(=O)N[C@@H](CCCNC(=N)N)C(=O)N1CCC[C@H]1C(=O)N1CCC[C@H]1C(=O)N1CCC[C@H]1C(=O)N[C@@H](C)C(=O)N[C@H](C(=O)N[C@@H](C)C(=O)N[C@@H](CC(=O)O)C(=O)N[C@@H](C)C(=O)N[C@@H](CCCNC(=N)N)C(=O)NCC(=O)O)[C@@H](C)O. The van der Waals surface area contributed by atoms with Crippen LogP contribution in [-0.2, 0) is 101 Å². The van der Waals surface area contributed by atoms with Gasteiger partial charge in [0.15, 0.2) is 17.9 Å². The van der Waals surface area contributed by atoms with Crippen LogP contribution in [0.4, 0.5) is 0 Å². The number of carboxylic acid groups (broad SMARTS) is 2. The minimum atomic E-state index is -1.91. The van der Waals surface area contributed by atoms with Gasteiger partial charge in [0.1, 0.15) is 103 Å². The molecule has 3 aliphatic heterocycles. The number of aliphatic carboxylic acids is 2. The summed E-state index contributed by atoms with van der Waals surface area (Å²) in [6, 6.07) is -24.5. The second-order valence-corrected chi connectivity index (χ2v) is 35.4. The molecule has 3 rings (SSSR count). The summed E-state index contributed by atoms with van der Waals surface area (Å²) in [5.74, 6) is -22.1. The highest BCUT2D eigenvalue weighted by Gasteiger charge is 2.48. The van der Waals surface area contributed by atoms with Crippen LogP contribution < -0.4 is 125 Å². The first kappa shape index (κ1) is 117. The number of hydrogen-bond acceptors (Lipinski definition) is 26. The number of nitrogens with two attached hydrogens (primary N) is 6. The Hall–Kier alpha value is -13.4. The zero-order chi connectivity index (χ0) is 103. The van der Waals surface area contributed by atoms with E-state index in [0.717, 1.165) is 20.8 Å². The average Bonchev–Trinajstić information content (AvgIpc) is 1.63. The summed E-state index contributed by atoms with van der Waals surface area (Å²) in [4.78, 5) is 289. The Morgan fingerprint density at radius 3 is 1.07 bits per heavy atom. The molecule has 53 nitrogen and oxygen atoms in total. The fraction of sp³-hybridized carbons (Fsp3) is 0.711. The number of guanidine groups is 3. The van der Waals surface area contributed by atoms with Crippen molar-refractivity contribution in [1.29, 1.82) is 16.2 Å². The molecule has 0 bridgehead atoms. The van der Waals surface area contributed by atoms with Gasteiger partial charge in [0, 0.05) is 52.1 Å². The van der Waals surface area contributed by atoms with E-state index in [-0.39, 0.29) is 166 Å². The molecule has 0 unspecified atom stereocenters. The number of nitrogens with zero attached hydrogens (tertiary/aromatic N) is 3. The van der Waals surface area contributed by atoms with Crippen molar-refractivity contribution in [3.05, 3.63) is 0 Å². The van der Waals surface area contributed by atoms with Crippen molar-refractivity contribution in [2.75, 3.05) is 45.8 Å². The lowest BCUT2D eigenvalue weighted by Gasteiger charge is -2.35. The lowest BCUT2D eigenvalue weighted by Crippen LogP contribution is -2.61. The number of aliphatic hydroxyl groups is 1. The Labute approximate surface area is 787 Å². The topological polar surface area (TPSA) is 861 Å². The predicted molar refractivity (Wildman–Crippen MR) is 487 cm³/mol. The largest absolute Gasteiger partial charge is 0.481 e. The summed E-state index contributed by atoms with van der Waals surface area (Å²) in [6.45, 7) is 15.8. The summed E-state index contributed by atoms with van der Waals surface area (Å²) in [7, 11) is 0. The first-order chi connectivity index (χ1) is 63.6. The van der Waals surface area contributed by atoms with Crippen LogP contribution in [0.2, 0.25) is 0 Å². The number of likely N-dealkylation sites (tertiary alicyclic amines) is 3. The van der Waals surface area contributed by atoms with Crippen LogP contribution in [0.3, 0.4) is 0 Å². The Morgan fingerprint density at radius 2 is 0.654 bits per heavy atom. The number of carboxylic acids is 2. The van der Waals surface area contributed by atoms with Gasteiger partial charge in [-0.3, -0.25) is 117 Å². The van der Waals surface area contributed by atoms with Gasteiger partial charge in [-0.25, -0.2) is 0 Å². The van der Waals surface area contributed by atoms with E-state index in [2.05, 4.69) is 90.4 Å². The van der Waals surface area contributed by atoms with Crippen molar-refractivity contribution in [2.24, 2.45) is 52.2 Å². The molecule has 19 amide bonds. The van der Waals surface area contributed by atoms with E-state index < -0.39 is 258 Å². The molecule has 0 aromatic heterocycles. The van der Waals surface area contributed by atoms with Crippen LogP contribution in [0.5, 0.6) is 0 Å². The molecule has 136 heavy (non-hydrogen) atoms. The Morgan fingerprint density at radius 1 is 0.338 bits per heavy atom. The molecule has 0 spiro atoms. The van der Waals surface area contributed by atoms with Crippen LogP contribution in [0, 0.1) is 34.0 Å². The van der Waals surface area contributed by atoms with Gasteiger partial charge >= 0.3 is 11.9 Å². The number of rotatable bonds is 59. The van der Waals surface area contributed by atoms with Crippen molar-refractivity contribution >= 4 is 142 Å². The molecular formula is C83H143N29O24. The lowest BCUT2D eigenvalue weighted by molar-refractivity contribution is -0.151. The van der Waals surface area contributed by atoms with Crippen molar-refractivity contribution < 1.29 is 116 Å². The van der Waals surface area contributed by atoms with Gasteiger partial charge in [0.05, 0.1) is 18.6 Å². The summed E-state index contributed by atoms with van der Waals surface area (Å²) in [6.07, 6.45) is -2.74. The van der Waals surface area contributed by atoms with Gasteiger partial charge in [0.2, 0.25) is 112 Å². The van der Waals surface area contributed by atoms with Gasteiger partial charge < -0.3 is 155 Å². The molecule has 0 saturated carbocycles. The number of hydrogen-bond donors (Lipinski definition) is 29. The quantitative estimate of drug-likeness (QED) is 0.0153. The normalized spacial score (nSPS) is 17.8. The minimum absolute atomic E-state index is 0.0128. The fourth-order valence-corrected chi connectivity index (χ4v) is 15.1. The third-order valence-corrected chi connectivity index (χ3v) is 22.2. The van der Waals surface area contributed by atoms with Gasteiger partial charge in [0.25, 0.3) is 0 Å². The van der Waals surface area contributed by atoms with Crippen molar-refractivity contribution in [1.82, 2.24) is 105 Å². The molecule has 764 valence electrons.